The first-order chi connectivity index (χ1) is 10.2. The standard InChI is InChI=1S/C17H20O3S/c1-3-19-16-10-7-13(12-17(16)20-4-2)15(18)9-8-14-6-5-11-21-14/h5-7,10-12H,3-4,8-9H2,1-2H3. The van der Waals surface area contributed by atoms with Gasteiger partial charge < -0.3 is 9.47 Å². The van der Waals surface area contributed by atoms with Gasteiger partial charge in [-0.15, -0.1) is 11.3 Å². The second kappa shape index (κ2) is 7.84. The molecule has 2 rings (SSSR count). The van der Waals surface area contributed by atoms with Gasteiger partial charge in [-0.2, -0.15) is 0 Å². The number of benzene rings is 1. The van der Waals surface area contributed by atoms with E-state index in [0.717, 1.165) is 6.42 Å². The van der Waals surface area contributed by atoms with Crippen LogP contribution in [0, 0.1) is 0 Å². The Morgan fingerprint density at radius 3 is 2.52 bits per heavy atom. The summed E-state index contributed by atoms with van der Waals surface area (Å²) < 4.78 is 11.1. The molecule has 0 aliphatic heterocycles. The lowest BCUT2D eigenvalue weighted by Gasteiger charge is -2.12. The lowest BCUT2D eigenvalue weighted by atomic mass is 10.1. The summed E-state index contributed by atoms with van der Waals surface area (Å²) in [5, 5.41) is 2.03. The van der Waals surface area contributed by atoms with E-state index in [1.807, 2.05) is 37.4 Å². The van der Waals surface area contributed by atoms with Crippen LogP contribution in [0.5, 0.6) is 11.5 Å². The zero-order valence-corrected chi connectivity index (χ0v) is 13.2. The highest BCUT2D eigenvalue weighted by molar-refractivity contribution is 7.09. The van der Waals surface area contributed by atoms with Crippen LogP contribution in [0.25, 0.3) is 0 Å². The average molecular weight is 304 g/mol. The summed E-state index contributed by atoms with van der Waals surface area (Å²) in [5.41, 5.74) is 0.679. The van der Waals surface area contributed by atoms with Crippen LogP contribution in [0.1, 0.15) is 35.5 Å². The minimum atomic E-state index is 0.132. The van der Waals surface area contributed by atoms with Gasteiger partial charge in [0, 0.05) is 16.9 Å². The van der Waals surface area contributed by atoms with Gasteiger partial charge in [-0.25, -0.2) is 0 Å². The molecule has 0 saturated carbocycles. The van der Waals surface area contributed by atoms with Gasteiger partial charge >= 0.3 is 0 Å². The molecule has 0 aliphatic carbocycles. The number of carbonyl (C=O) groups excluding carboxylic acids is 1. The van der Waals surface area contributed by atoms with Gasteiger partial charge in [0.05, 0.1) is 13.2 Å². The van der Waals surface area contributed by atoms with Gasteiger partial charge in [0.25, 0.3) is 0 Å². The highest BCUT2D eigenvalue weighted by atomic mass is 32.1. The van der Waals surface area contributed by atoms with E-state index in [1.165, 1.54) is 4.88 Å². The summed E-state index contributed by atoms with van der Waals surface area (Å²) in [6, 6.07) is 9.47. The van der Waals surface area contributed by atoms with Crippen LogP contribution in [0.15, 0.2) is 35.7 Å². The van der Waals surface area contributed by atoms with Crippen molar-refractivity contribution in [3.63, 3.8) is 0 Å². The molecule has 1 aromatic heterocycles. The van der Waals surface area contributed by atoms with Crippen molar-refractivity contribution in [2.45, 2.75) is 26.7 Å². The zero-order chi connectivity index (χ0) is 15.1. The first-order valence-electron chi connectivity index (χ1n) is 7.19. The molecule has 0 atom stereocenters. The van der Waals surface area contributed by atoms with Crippen LogP contribution in [0.4, 0.5) is 0 Å². The van der Waals surface area contributed by atoms with Gasteiger partial charge in [-0.3, -0.25) is 4.79 Å². The van der Waals surface area contributed by atoms with E-state index in [4.69, 9.17) is 9.47 Å². The number of aryl methyl sites for hydroxylation is 1. The van der Waals surface area contributed by atoms with Crippen molar-refractivity contribution in [1.29, 1.82) is 0 Å². The summed E-state index contributed by atoms with van der Waals surface area (Å²) in [5.74, 6) is 1.46. The minimum absolute atomic E-state index is 0.132. The fourth-order valence-electron chi connectivity index (χ4n) is 2.06. The molecule has 0 amide bonds. The summed E-state index contributed by atoms with van der Waals surface area (Å²) >= 11 is 1.68. The predicted molar refractivity (Wildman–Crippen MR) is 85.8 cm³/mol. The van der Waals surface area contributed by atoms with Crippen molar-refractivity contribution < 1.29 is 14.3 Å². The summed E-state index contributed by atoms with van der Waals surface area (Å²) in [6.07, 6.45) is 1.30. The Labute approximate surface area is 129 Å². The maximum Gasteiger partial charge on any atom is 0.163 e. The van der Waals surface area contributed by atoms with Gasteiger partial charge in [0.15, 0.2) is 17.3 Å². The summed E-state index contributed by atoms with van der Waals surface area (Å²) in [4.78, 5) is 13.5. The van der Waals surface area contributed by atoms with E-state index in [-0.39, 0.29) is 5.78 Å². The molecule has 0 bridgehead atoms. The molecule has 1 aromatic carbocycles. The quantitative estimate of drug-likeness (QED) is 0.680. The molecule has 2 aromatic rings. The van der Waals surface area contributed by atoms with Crippen LogP contribution in [-0.4, -0.2) is 19.0 Å². The highest BCUT2D eigenvalue weighted by Gasteiger charge is 2.12. The third-order valence-electron chi connectivity index (χ3n) is 3.04. The van der Waals surface area contributed by atoms with Crippen LogP contribution >= 0.6 is 11.3 Å². The smallest absolute Gasteiger partial charge is 0.163 e. The van der Waals surface area contributed by atoms with E-state index >= 15 is 0 Å². The number of ether oxygens (including phenoxy) is 2. The molecule has 3 nitrogen and oxygen atoms in total. The number of carbonyl (C=O) groups is 1. The monoisotopic (exact) mass is 304 g/mol. The Balaban J connectivity index is 2.07. The normalized spacial score (nSPS) is 10.4. The third kappa shape index (κ3) is 4.33. The van der Waals surface area contributed by atoms with E-state index in [1.54, 1.807) is 17.4 Å². The van der Waals surface area contributed by atoms with Crippen LogP contribution in [-0.2, 0) is 6.42 Å². The van der Waals surface area contributed by atoms with Crippen LogP contribution in [0.2, 0.25) is 0 Å². The topological polar surface area (TPSA) is 35.5 Å². The number of ketones is 1. The number of thiophene rings is 1. The molecular formula is C17H20O3S. The molecule has 0 radical (unpaired) electrons. The highest BCUT2D eigenvalue weighted by Crippen LogP contribution is 2.29. The molecule has 4 heteroatoms. The Bertz CT molecular complexity index is 576. The van der Waals surface area contributed by atoms with E-state index in [9.17, 15) is 4.79 Å². The number of hydrogen-bond acceptors (Lipinski definition) is 4. The number of Topliss-reactive ketones (excluding diaryl/α,β-unsaturated/α-hetero) is 1. The van der Waals surface area contributed by atoms with Crippen molar-refractivity contribution in [2.24, 2.45) is 0 Å². The van der Waals surface area contributed by atoms with Crippen LogP contribution < -0.4 is 9.47 Å². The predicted octanol–water partition coefficient (Wildman–Crippen LogP) is 4.36. The molecule has 1 heterocycles. The molecule has 21 heavy (non-hydrogen) atoms. The lowest BCUT2D eigenvalue weighted by Crippen LogP contribution is -2.04. The van der Waals surface area contributed by atoms with E-state index in [2.05, 4.69) is 6.07 Å². The van der Waals surface area contributed by atoms with Crippen LogP contribution in [0.3, 0.4) is 0 Å². The summed E-state index contributed by atoms with van der Waals surface area (Å²) in [7, 11) is 0. The summed E-state index contributed by atoms with van der Waals surface area (Å²) in [6.45, 7) is 4.97. The molecule has 112 valence electrons. The third-order valence-corrected chi connectivity index (χ3v) is 3.98. The Kier molecular flexibility index (Phi) is 5.81. The van der Waals surface area contributed by atoms with E-state index < -0.39 is 0 Å². The SMILES string of the molecule is CCOc1ccc(C(=O)CCc2cccs2)cc1OCC. The van der Waals surface area contributed by atoms with Crippen molar-refractivity contribution in [1.82, 2.24) is 0 Å². The molecule has 0 saturated heterocycles. The van der Waals surface area contributed by atoms with Gasteiger partial charge in [-0.05, 0) is 49.9 Å². The van der Waals surface area contributed by atoms with E-state index in [0.29, 0.717) is 36.7 Å². The Morgan fingerprint density at radius 2 is 1.86 bits per heavy atom. The van der Waals surface area contributed by atoms with Gasteiger partial charge in [0.1, 0.15) is 0 Å². The van der Waals surface area contributed by atoms with Crippen molar-refractivity contribution in [2.75, 3.05) is 13.2 Å². The fraction of sp³-hybridized carbons (Fsp3) is 0.353. The number of hydrogen-bond donors (Lipinski definition) is 0. The molecule has 0 aliphatic rings. The molecule has 0 spiro atoms. The first-order valence-corrected chi connectivity index (χ1v) is 8.07. The van der Waals surface area contributed by atoms with Gasteiger partial charge in [0.2, 0.25) is 0 Å². The molecule has 0 fully saturated rings. The Morgan fingerprint density at radius 1 is 1.10 bits per heavy atom. The maximum absolute atomic E-state index is 12.3. The second-order valence-electron chi connectivity index (χ2n) is 4.53. The zero-order valence-electron chi connectivity index (χ0n) is 12.4. The average Bonchev–Trinajstić information content (AvgIpc) is 3.00. The lowest BCUT2D eigenvalue weighted by molar-refractivity contribution is 0.0982. The first kappa shape index (κ1) is 15.6. The van der Waals surface area contributed by atoms with Crippen molar-refractivity contribution in [3.8, 4) is 11.5 Å². The largest absolute Gasteiger partial charge is 0.490 e. The van der Waals surface area contributed by atoms with Crippen molar-refractivity contribution >= 4 is 17.1 Å². The molecule has 0 N–H and O–H groups in total. The second-order valence-corrected chi connectivity index (χ2v) is 5.56. The maximum atomic E-state index is 12.3. The van der Waals surface area contributed by atoms with Crippen molar-refractivity contribution in [3.05, 3.63) is 46.2 Å². The molecular weight excluding hydrogens is 284 g/mol. The fourth-order valence-corrected chi connectivity index (χ4v) is 2.77. The number of rotatable bonds is 8. The minimum Gasteiger partial charge on any atom is -0.490 e. The Hall–Kier alpha value is -1.81. The van der Waals surface area contributed by atoms with Gasteiger partial charge in [-0.1, -0.05) is 6.07 Å². The molecule has 0 unspecified atom stereocenters.